The van der Waals surface area contributed by atoms with Gasteiger partial charge in [0.25, 0.3) is 0 Å². The van der Waals surface area contributed by atoms with Gasteiger partial charge in [0.1, 0.15) is 0 Å². The standard InChI is InChI=1S/C8H12N2O2/c11-7-5-1-3-9-4-2-6(5)8(12)10-7/h5-6,9H,1-4H2,(H,10,11,12)/t5-,6+. The lowest BCUT2D eigenvalue weighted by Crippen LogP contribution is -2.25. The normalized spacial score (nSPS) is 35.7. The third-order valence-corrected chi connectivity index (χ3v) is 2.67. The summed E-state index contributed by atoms with van der Waals surface area (Å²) in [6, 6.07) is 0. The maximum absolute atomic E-state index is 11.2. The fourth-order valence-electron chi connectivity index (χ4n) is 1.98. The van der Waals surface area contributed by atoms with Crippen LogP contribution in [-0.2, 0) is 9.59 Å². The van der Waals surface area contributed by atoms with Crippen molar-refractivity contribution in [2.24, 2.45) is 11.8 Å². The molecule has 0 aromatic carbocycles. The molecule has 0 unspecified atom stereocenters. The van der Waals surface area contributed by atoms with E-state index in [1.54, 1.807) is 0 Å². The molecule has 0 spiro atoms. The van der Waals surface area contributed by atoms with E-state index < -0.39 is 0 Å². The molecule has 4 nitrogen and oxygen atoms in total. The summed E-state index contributed by atoms with van der Waals surface area (Å²) in [5, 5.41) is 5.57. The number of rotatable bonds is 0. The van der Waals surface area contributed by atoms with E-state index in [0.717, 1.165) is 25.9 Å². The molecule has 0 aromatic rings. The predicted octanol–water partition coefficient (Wildman–Crippen LogP) is -0.741. The smallest absolute Gasteiger partial charge is 0.230 e. The summed E-state index contributed by atoms with van der Waals surface area (Å²) in [6.45, 7) is 1.70. The van der Waals surface area contributed by atoms with Crippen molar-refractivity contribution in [2.45, 2.75) is 12.8 Å². The molecule has 12 heavy (non-hydrogen) atoms. The molecule has 0 saturated carbocycles. The van der Waals surface area contributed by atoms with Crippen molar-refractivity contribution in [3.05, 3.63) is 0 Å². The highest BCUT2D eigenvalue weighted by molar-refractivity contribution is 6.05. The molecule has 2 aliphatic heterocycles. The number of imide groups is 1. The fourth-order valence-corrected chi connectivity index (χ4v) is 1.98. The number of hydrogen-bond acceptors (Lipinski definition) is 3. The Labute approximate surface area is 70.7 Å². The summed E-state index contributed by atoms with van der Waals surface area (Å²) in [5.74, 6) is -0.276. The highest BCUT2D eigenvalue weighted by Crippen LogP contribution is 2.26. The molecule has 4 heteroatoms. The fraction of sp³-hybridized carbons (Fsp3) is 0.750. The molecule has 0 aromatic heterocycles. The van der Waals surface area contributed by atoms with Crippen molar-refractivity contribution in [1.29, 1.82) is 0 Å². The average molecular weight is 168 g/mol. The Bertz CT molecular complexity index is 205. The summed E-state index contributed by atoms with van der Waals surface area (Å²) in [6.07, 6.45) is 1.59. The minimum Gasteiger partial charge on any atom is -0.317 e. The van der Waals surface area contributed by atoms with Gasteiger partial charge in [-0.2, -0.15) is 0 Å². The SMILES string of the molecule is O=C1NC(=O)[C@@H]2CCNCC[C@H]12. The number of carbonyl (C=O) groups excluding carboxylic acids is 2. The molecule has 2 amide bonds. The lowest BCUT2D eigenvalue weighted by atomic mass is 9.91. The van der Waals surface area contributed by atoms with Crippen molar-refractivity contribution in [1.82, 2.24) is 10.6 Å². The lowest BCUT2D eigenvalue weighted by molar-refractivity contribution is -0.126. The van der Waals surface area contributed by atoms with Crippen LogP contribution >= 0.6 is 0 Å². The summed E-state index contributed by atoms with van der Waals surface area (Å²) in [4.78, 5) is 22.4. The second kappa shape index (κ2) is 2.86. The van der Waals surface area contributed by atoms with Crippen molar-refractivity contribution in [2.75, 3.05) is 13.1 Å². The van der Waals surface area contributed by atoms with Crippen LogP contribution < -0.4 is 10.6 Å². The number of hydrogen-bond donors (Lipinski definition) is 2. The van der Waals surface area contributed by atoms with Crippen LogP contribution in [0.1, 0.15) is 12.8 Å². The molecule has 2 saturated heterocycles. The second-order valence-electron chi connectivity index (χ2n) is 3.39. The molecule has 2 heterocycles. The molecule has 0 aliphatic carbocycles. The molecule has 0 bridgehead atoms. The zero-order chi connectivity index (χ0) is 8.55. The number of amides is 2. The highest BCUT2D eigenvalue weighted by Gasteiger charge is 2.41. The zero-order valence-corrected chi connectivity index (χ0v) is 6.80. The number of fused-ring (bicyclic) bond motifs is 1. The molecule has 2 fully saturated rings. The molecule has 2 aliphatic rings. The summed E-state index contributed by atoms with van der Waals surface area (Å²) < 4.78 is 0. The monoisotopic (exact) mass is 168 g/mol. The van der Waals surface area contributed by atoms with Crippen LogP contribution in [0.5, 0.6) is 0 Å². The highest BCUT2D eigenvalue weighted by atomic mass is 16.2. The topological polar surface area (TPSA) is 58.2 Å². The van der Waals surface area contributed by atoms with Crippen LogP contribution in [0.2, 0.25) is 0 Å². The van der Waals surface area contributed by atoms with Gasteiger partial charge in [-0.15, -0.1) is 0 Å². The Kier molecular flexibility index (Phi) is 1.84. The van der Waals surface area contributed by atoms with Gasteiger partial charge in [0, 0.05) is 0 Å². The van der Waals surface area contributed by atoms with Gasteiger partial charge >= 0.3 is 0 Å². The van der Waals surface area contributed by atoms with Crippen molar-refractivity contribution < 1.29 is 9.59 Å². The van der Waals surface area contributed by atoms with E-state index in [9.17, 15) is 9.59 Å². The van der Waals surface area contributed by atoms with Crippen LogP contribution in [-0.4, -0.2) is 24.9 Å². The third-order valence-electron chi connectivity index (χ3n) is 2.67. The van der Waals surface area contributed by atoms with Gasteiger partial charge < -0.3 is 5.32 Å². The number of nitrogens with one attached hydrogen (secondary N) is 2. The van der Waals surface area contributed by atoms with E-state index in [1.165, 1.54) is 0 Å². The third kappa shape index (κ3) is 1.12. The van der Waals surface area contributed by atoms with E-state index in [4.69, 9.17) is 0 Å². The van der Waals surface area contributed by atoms with Gasteiger partial charge in [-0.05, 0) is 25.9 Å². The Morgan fingerprint density at radius 2 is 1.50 bits per heavy atom. The summed E-state index contributed by atoms with van der Waals surface area (Å²) in [7, 11) is 0. The summed E-state index contributed by atoms with van der Waals surface area (Å²) in [5.41, 5.74) is 0. The molecule has 0 radical (unpaired) electrons. The van der Waals surface area contributed by atoms with Crippen LogP contribution in [0.4, 0.5) is 0 Å². The van der Waals surface area contributed by atoms with Gasteiger partial charge in [-0.3, -0.25) is 14.9 Å². The van der Waals surface area contributed by atoms with Gasteiger partial charge in [-0.1, -0.05) is 0 Å². The first-order valence-electron chi connectivity index (χ1n) is 4.34. The van der Waals surface area contributed by atoms with E-state index in [0.29, 0.717) is 0 Å². The second-order valence-corrected chi connectivity index (χ2v) is 3.39. The van der Waals surface area contributed by atoms with E-state index >= 15 is 0 Å². The van der Waals surface area contributed by atoms with Crippen LogP contribution in [0.15, 0.2) is 0 Å². The first kappa shape index (κ1) is 7.73. The Morgan fingerprint density at radius 1 is 1.00 bits per heavy atom. The minimum absolute atomic E-state index is 0.0625. The van der Waals surface area contributed by atoms with Crippen LogP contribution in [0.3, 0.4) is 0 Å². The molecular weight excluding hydrogens is 156 g/mol. The minimum atomic E-state index is -0.0753. The van der Waals surface area contributed by atoms with E-state index in [2.05, 4.69) is 10.6 Å². The molecular formula is C8H12N2O2. The lowest BCUT2D eigenvalue weighted by Gasteiger charge is -2.08. The Balaban J connectivity index is 2.17. The molecule has 66 valence electrons. The Hall–Kier alpha value is -0.900. The maximum atomic E-state index is 11.2. The first-order chi connectivity index (χ1) is 5.79. The average Bonchev–Trinajstić information content (AvgIpc) is 2.29. The summed E-state index contributed by atoms with van der Waals surface area (Å²) >= 11 is 0. The first-order valence-corrected chi connectivity index (χ1v) is 4.34. The van der Waals surface area contributed by atoms with Gasteiger partial charge in [0.2, 0.25) is 11.8 Å². The molecule has 2 rings (SSSR count). The zero-order valence-electron chi connectivity index (χ0n) is 6.80. The maximum Gasteiger partial charge on any atom is 0.230 e. The van der Waals surface area contributed by atoms with Crippen molar-refractivity contribution in [3.8, 4) is 0 Å². The predicted molar refractivity (Wildman–Crippen MR) is 42.2 cm³/mol. The van der Waals surface area contributed by atoms with Crippen LogP contribution in [0, 0.1) is 11.8 Å². The Morgan fingerprint density at radius 3 is 2.00 bits per heavy atom. The van der Waals surface area contributed by atoms with Gasteiger partial charge in [-0.25, -0.2) is 0 Å². The van der Waals surface area contributed by atoms with Crippen LogP contribution in [0.25, 0.3) is 0 Å². The van der Waals surface area contributed by atoms with E-state index in [1.807, 2.05) is 0 Å². The van der Waals surface area contributed by atoms with E-state index in [-0.39, 0.29) is 23.7 Å². The van der Waals surface area contributed by atoms with Gasteiger partial charge in [0.15, 0.2) is 0 Å². The van der Waals surface area contributed by atoms with Crippen molar-refractivity contribution in [3.63, 3.8) is 0 Å². The van der Waals surface area contributed by atoms with Gasteiger partial charge in [0.05, 0.1) is 11.8 Å². The number of carbonyl (C=O) groups is 2. The van der Waals surface area contributed by atoms with Crippen molar-refractivity contribution >= 4 is 11.8 Å². The largest absolute Gasteiger partial charge is 0.317 e. The molecule has 2 N–H and O–H groups in total. The quantitative estimate of drug-likeness (QED) is 0.468. The molecule has 2 atom stereocenters.